The van der Waals surface area contributed by atoms with Gasteiger partial charge in [-0.1, -0.05) is 34.1 Å². The maximum atomic E-state index is 13.4. The van der Waals surface area contributed by atoms with E-state index in [4.69, 9.17) is 9.47 Å². The standard InChI is InChI=1S/C28H24BrN3O7/c1-4-38-24-13-19(23(29)14-25(24)39-15-18-6-5-7-20(11-18)32(36)37)12-22-26(33)30-28(35)31(27(22)34)21-9-16(2)8-17(3)10-21/h5-14H,4,15H2,1-3H3,(H,30,33,35)/b22-12+. The Hall–Kier alpha value is -4.51. The molecule has 0 atom stereocenters. The third kappa shape index (κ3) is 6.15. The number of carbonyl (C=O) groups excluding carboxylic acids is 3. The van der Waals surface area contributed by atoms with Crippen LogP contribution in [0.15, 0.2) is 64.6 Å². The first kappa shape index (κ1) is 27.5. The predicted molar refractivity (Wildman–Crippen MR) is 148 cm³/mol. The van der Waals surface area contributed by atoms with Crippen molar-refractivity contribution in [1.82, 2.24) is 5.32 Å². The maximum absolute atomic E-state index is 13.4. The van der Waals surface area contributed by atoms with Crippen LogP contribution in [0, 0.1) is 24.0 Å². The van der Waals surface area contributed by atoms with Gasteiger partial charge in [0.1, 0.15) is 12.2 Å². The normalized spacial score (nSPS) is 14.4. The number of urea groups is 1. The first-order valence-electron chi connectivity index (χ1n) is 11.9. The molecule has 0 bridgehead atoms. The summed E-state index contributed by atoms with van der Waals surface area (Å²) in [6, 6.07) is 13.8. The monoisotopic (exact) mass is 593 g/mol. The van der Waals surface area contributed by atoms with E-state index in [1.54, 1.807) is 43.3 Å². The smallest absolute Gasteiger partial charge is 0.335 e. The lowest BCUT2D eigenvalue weighted by Crippen LogP contribution is -2.54. The number of nitrogens with one attached hydrogen (secondary N) is 1. The molecule has 1 N–H and O–H groups in total. The van der Waals surface area contributed by atoms with Crippen molar-refractivity contribution in [1.29, 1.82) is 0 Å². The number of nitro groups is 1. The third-order valence-electron chi connectivity index (χ3n) is 5.74. The first-order chi connectivity index (χ1) is 18.6. The summed E-state index contributed by atoms with van der Waals surface area (Å²) < 4.78 is 12.1. The van der Waals surface area contributed by atoms with Crippen LogP contribution in [0.1, 0.15) is 29.2 Å². The molecule has 1 heterocycles. The Morgan fingerprint density at radius 2 is 1.69 bits per heavy atom. The Balaban J connectivity index is 1.66. The van der Waals surface area contributed by atoms with E-state index in [0.29, 0.717) is 39.4 Å². The fourth-order valence-electron chi connectivity index (χ4n) is 4.09. The number of carbonyl (C=O) groups is 3. The fraction of sp³-hybridized carbons (Fsp3) is 0.179. The molecule has 1 fully saturated rings. The summed E-state index contributed by atoms with van der Waals surface area (Å²) in [5.74, 6) is -0.890. The molecular formula is C28H24BrN3O7. The lowest BCUT2D eigenvalue weighted by molar-refractivity contribution is -0.384. The Morgan fingerprint density at radius 3 is 2.36 bits per heavy atom. The van der Waals surface area contributed by atoms with Crippen molar-refractivity contribution in [3.8, 4) is 11.5 Å². The molecule has 4 amide bonds. The van der Waals surface area contributed by atoms with Gasteiger partial charge in [-0.15, -0.1) is 0 Å². The number of halogens is 1. The summed E-state index contributed by atoms with van der Waals surface area (Å²) in [5, 5.41) is 13.3. The summed E-state index contributed by atoms with van der Waals surface area (Å²) >= 11 is 3.45. The van der Waals surface area contributed by atoms with Crippen molar-refractivity contribution in [3.63, 3.8) is 0 Å². The van der Waals surface area contributed by atoms with Gasteiger partial charge in [-0.25, -0.2) is 9.69 Å². The number of ether oxygens (including phenoxy) is 2. The average molecular weight is 594 g/mol. The minimum atomic E-state index is -0.828. The van der Waals surface area contributed by atoms with E-state index in [9.17, 15) is 24.5 Å². The van der Waals surface area contributed by atoms with Crippen LogP contribution in [0.25, 0.3) is 6.08 Å². The van der Waals surface area contributed by atoms with Crippen LogP contribution < -0.4 is 19.7 Å². The molecule has 10 nitrogen and oxygen atoms in total. The van der Waals surface area contributed by atoms with E-state index in [1.165, 1.54) is 18.2 Å². The quantitative estimate of drug-likeness (QED) is 0.155. The number of amides is 4. The van der Waals surface area contributed by atoms with Gasteiger partial charge in [0.15, 0.2) is 11.5 Å². The van der Waals surface area contributed by atoms with E-state index in [0.717, 1.165) is 16.0 Å². The zero-order chi connectivity index (χ0) is 28.3. The number of nitrogens with zero attached hydrogens (tertiary/aromatic N) is 2. The van der Waals surface area contributed by atoms with Crippen molar-refractivity contribution in [3.05, 3.63) is 97.0 Å². The molecule has 3 aromatic carbocycles. The SMILES string of the molecule is CCOc1cc(/C=C2\C(=O)NC(=O)N(c3cc(C)cc(C)c3)C2=O)c(Br)cc1OCc1cccc([N+](=O)[O-])c1. The van der Waals surface area contributed by atoms with E-state index in [1.807, 2.05) is 19.9 Å². The summed E-state index contributed by atoms with van der Waals surface area (Å²) in [6.07, 6.45) is 1.37. The molecule has 1 aliphatic heterocycles. The van der Waals surface area contributed by atoms with E-state index < -0.39 is 22.8 Å². The highest BCUT2D eigenvalue weighted by Gasteiger charge is 2.37. The van der Waals surface area contributed by atoms with E-state index >= 15 is 0 Å². The molecular weight excluding hydrogens is 570 g/mol. The van der Waals surface area contributed by atoms with Crippen molar-refractivity contribution < 1.29 is 28.8 Å². The van der Waals surface area contributed by atoms with Gasteiger partial charge >= 0.3 is 6.03 Å². The highest BCUT2D eigenvalue weighted by Crippen LogP contribution is 2.36. The number of aryl methyl sites for hydroxylation is 2. The van der Waals surface area contributed by atoms with Gasteiger partial charge in [0, 0.05) is 16.6 Å². The Labute approximate surface area is 232 Å². The molecule has 0 aromatic heterocycles. The molecule has 3 aromatic rings. The van der Waals surface area contributed by atoms with Gasteiger partial charge in [0.2, 0.25) is 0 Å². The molecule has 0 unspecified atom stereocenters. The second kappa shape index (κ2) is 11.5. The summed E-state index contributed by atoms with van der Waals surface area (Å²) in [4.78, 5) is 50.2. The number of barbiturate groups is 1. The molecule has 0 saturated carbocycles. The van der Waals surface area contributed by atoms with Crippen molar-refractivity contribution in [2.24, 2.45) is 0 Å². The van der Waals surface area contributed by atoms with Gasteiger partial charge in [-0.3, -0.25) is 25.0 Å². The zero-order valence-electron chi connectivity index (χ0n) is 21.3. The Morgan fingerprint density at radius 1 is 1.00 bits per heavy atom. The van der Waals surface area contributed by atoms with Gasteiger partial charge in [0.05, 0.1) is 17.2 Å². The molecule has 39 heavy (non-hydrogen) atoms. The van der Waals surface area contributed by atoms with Crippen LogP contribution in [0.5, 0.6) is 11.5 Å². The van der Waals surface area contributed by atoms with Crippen LogP contribution in [0.2, 0.25) is 0 Å². The lowest BCUT2D eigenvalue weighted by atomic mass is 10.0. The number of benzene rings is 3. The van der Waals surface area contributed by atoms with Crippen molar-refractivity contribution >= 4 is 51.2 Å². The summed E-state index contributed by atoms with van der Waals surface area (Å²) in [5.41, 5.74) is 2.82. The van der Waals surface area contributed by atoms with Crippen molar-refractivity contribution in [2.75, 3.05) is 11.5 Å². The second-order valence-corrected chi connectivity index (χ2v) is 9.63. The van der Waals surface area contributed by atoms with E-state index in [2.05, 4.69) is 21.2 Å². The predicted octanol–water partition coefficient (Wildman–Crippen LogP) is 5.62. The minimum absolute atomic E-state index is 0.0441. The highest BCUT2D eigenvalue weighted by molar-refractivity contribution is 9.10. The first-order valence-corrected chi connectivity index (χ1v) is 12.7. The van der Waals surface area contributed by atoms with Crippen LogP contribution in [0.3, 0.4) is 0 Å². The second-order valence-electron chi connectivity index (χ2n) is 8.77. The molecule has 0 radical (unpaired) electrons. The highest BCUT2D eigenvalue weighted by atomic mass is 79.9. The van der Waals surface area contributed by atoms with Gasteiger partial charge in [0.25, 0.3) is 17.5 Å². The topological polar surface area (TPSA) is 128 Å². The van der Waals surface area contributed by atoms with Crippen LogP contribution >= 0.6 is 15.9 Å². The Bertz CT molecular complexity index is 1510. The van der Waals surface area contributed by atoms with Crippen molar-refractivity contribution in [2.45, 2.75) is 27.4 Å². The fourth-order valence-corrected chi connectivity index (χ4v) is 4.53. The molecule has 1 saturated heterocycles. The number of non-ortho nitro benzene ring substituents is 1. The maximum Gasteiger partial charge on any atom is 0.335 e. The Kier molecular flexibility index (Phi) is 8.10. The third-order valence-corrected chi connectivity index (χ3v) is 6.43. The molecule has 0 spiro atoms. The summed E-state index contributed by atoms with van der Waals surface area (Å²) in [6.45, 7) is 5.83. The number of hydrogen-bond donors (Lipinski definition) is 1. The van der Waals surface area contributed by atoms with Gasteiger partial charge in [-0.2, -0.15) is 0 Å². The lowest BCUT2D eigenvalue weighted by Gasteiger charge is -2.27. The summed E-state index contributed by atoms with van der Waals surface area (Å²) in [7, 11) is 0. The number of nitro benzene ring substituents is 1. The zero-order valence-corrected chi connectivity index (χ0v) is 22.9. The average Bonchev–Trinajstić information content (AvgIpc) is 2.86. The molecule has 1 aliphatic rings. The number of rotatable bonds is 8. The molecule has 11 heteroatoms. The van der Waals surface area contributed by atoms with Gasteiger partial charge in [-0.05, 0) is 73.4 Å². The largest absolute Gasteiger partial charge is 0.490 e. The van der Waals surface area contributed by atoms with Crippen LogP contribution in [-0.4, -0.2) is 29.4 Å². The van der Waals surface area contributed by atoms with Crippen LogP contribution in [0.4, 0.5) is 16.2 Å². The number of hydrogen-bond acceptors (Lipinski definition) is 7. The van der Waals surface area contributed by atoms with E-state index in [-0.39, 0.29) is 17.9 Å². The number of anilines is 1. The van der Waals surface area contributed by atoms with Gasteiger partial charge < -0.3 is 9.47 Å². The minimum Gasteiger partial charge on any atom is -0.490 e. The van der Waals surface area contributed by atoms with Crippen LogP contribution in [-0.2, 0) is 16.2 Å². The number of imide groups is 2. The molecule has 0 aliphatic carbocycles. The molecule has 200 valence electrons. The molecule has 4 rings (SSSR count).